The van der Waals surface area contributed by atoms with Crippen LogP contribution in [-0.4, -0.2) is 36.3 Å². The minimum atomic E-state index is -0.281. The zero-order valence-electron chi connectivity index (χ0n) is 16.4. The monoisotopic (exact) mass is 392 g/mol. The molecule has 1 aliphatic heterocycles. The number of nitrogens with zero attached hydrogens (tertiary/aromatic N) is 2. The van der Waals surface area contributed by atoms with Crippen molar-refractivity contribution in [3.05, 3.63) is 72.0 Å². The smallest absolute Gasteiger partial charge is 0.409 e. The molecule has 0 N–H and O–H groups in total. The molecule has 3 aromatic rings. The van der Waals surface area contributed by atoms with Gasteiger partial charge >= 0.3 is 6.09 Å². The average Bonchev–Trinajstić information content (AvgIpc) is 3.22. The number of benzene rings is 2. The highest BCUT2D eigenvalue weighted by Gasteiger charge is 2.31. The van der Waals surface area contributed by atoms with E-state index < -0.39 is 0 Å². The number of carbonyl (C=O) groups excluding carboxylic acids is 1. The van der Waals surface area contributed by atoms with Crippen molar-refractivity contribution < 1.29 is 18.8 Å². The summed E-state index contributed by atoms with van der Waals surface area (Å²) >= 11 is 0. The molecule has 1 fully saturated rings. The Kier molecular flexibility index (Phi) is 5.79. The summed E-state index contributed by atoms with van der Waals surface area (Å²) in [6.45, 7) is 1.69. The van der Waals surface area contributed by atoms with E-state index in [-0.39, 0.29) is 12.0 Å². The van der Waals surface area contributed by atoms with Gasteiger partial charge in [-0.1, -0.05) is 60.7 Å². The lowest BCUT2D eigenvalue weighted by molar-refractivity contribution is 0.110. The molecule has 0 saturated carbocycles. The summed E-state index contributed by atoms with van der Waals surface area (Å²) in [5.41, 5.74) is 2.99. The molecule has 150 valence electrons. The minimum absolute atomic E-state index is 0.174. The summed E-state index contributed by atoms with van der Waals surface area (Å²) in [6, 6.07) is 20.0. The van der Waals surface area contributed by atoms with Crippen LogP contribution < -0.4 is 4.74 Å². The molecule has 0 unspecified atom stereocenters. The lowest BCUT2D eigenvalue weighted by atomic mass is 9.90. The maximum atomic E-state index is 11.8. The molecule has 0 spiro atoms. The van der Waals surface area contributed by atoms with Crippen LogP contribution >= 0.6 is 0 Å². The van der Waals surface area contributed by atoms with Gasteiger partial charge in [0.2, 0.25) is 0 Å². The predicted molar refractivity (Wildman–Crippen MR) is 109 cm³/mol. The van der Waals surface area contributed by atoms with Crippen LogP contribution in [-0.2, 0) is 11.3 Å². The Morgan fingerprint density at radius 2 is 1.72 bits per heavy atom. The molecule has 4 rings (SSSR count). The Bertz CT molecular complexity index is 932. The number of hydrogen-bond donors (Lipinski definition) is 0. The maximum Gasteiger partial charge on any atom is 0.409 e. The van der Waals surface area contributed by atoms with E-state index in [9.17, 15) is 4.79 Å². The molecule has 1 amide bonds. The Morgan fingerprint density at radius 3 is 2.38 bits per heavy atom. The van der Waals surface area contributed by atoms with Gasteiger partial charge in [0, 0.05) is 19.0 Å². The van der Waals surface area contributed by atoms with Crippen LogP contribution in [0, 0.1) is 0 Å². The first-order valence-electron chi connectivity index (χ1n) is 9.81. The molecule has 2 heterocycles. The third-order valence-electron chi connectivity index (χ3n) is 5.27. The van der Waals surface area contributed by atoms with Crippen LogP contribution in [0.4, 0.5) is 4.79 Å². The highest BCUT2D eigenvalue weighted by Crippen LogP contribution is 2.41. The highest BCUT2D eigenvalue weighted by atomic mass is 16.5. The van der Waals surface area contributed by atoms with Gasteiger partial charge < -0.3 is 18.9 Å². The van der Waals surface area contributed by atoms with Crippen LogP contribution in [0.3, 0.4) is 0 Å². The van der Waals surface area contributed by atoms with E-state index in [1.165, 1.54) is 7.11 Å². The normalized spacial score (nSPS) is 14.6. The van der Waals surface area contributed by atoms with Crippen LogP contribution in [0.1, 0.15) is 30.1 Å². The van der Waals surface area contributed by atoms with Gasteiger partial charge in [-0.25, -0.2) is 4.79 Å². The van der Waals surface area contributed by atoms with Crippen molar-refractivity contribution in [1.29, 1.82) is 0 Å². The van der Waals surface area contributed by atoms with Gasteiger partial charge in [-0.2, -0.15) is 0 Å². The Balaban J connectivity index is 1.58. The zero-order valence-corrected chi connectivity index (χ0v) is 16.4. The molecule has 1 aliphatic rings. The van der Waals surface area contributed by atoms with E-state index in [0.29, 0.717) is 25.6 Å². The number of likely N-dealkylation sites (tertiary alicyclic amines) is 1. The Morgan fingerprint density at radius 1 is 1.07 bits per heavy atom. The average molecular weight is 392 g/mol. The molecular formula is C23H24N2O4. The highest BCUT2D eigenvalue weighted by molar-refractivity contribution is 5.71. The molecular weight excluding hydrogens is 368 g/mol. The molecule has 6 nitrogen and oxygen atoms in total. The number of methoxy groups -OCH3 is 1. The van der Waals surface area contributed by atoms with E-state index in [1.807, 2.05) is 60.7 Å². The fraction of sp³-hybridized carbons (Fsp3) is 0.304. The SMILES string of the molecule is COC(=O)N1CCC(c2onc(OCc3ccccc3)c2-c2ccccc2)CC1. The topological polar surface area (TPSA) is 64.8 Å². The number of ether oxygens (including phenoxy) is 2. The second kappa shape index (κ2) is 8.82. The number of rotatable bonds is 5. The van der Waals surface area contributed by atoms with E-state index in [1.54, 1.807) is 4.90 Å². The van der Waals surface area contributed by atoms with Gasteiger partial charge in [-0.3, -0.25) is 0 Å². The minimum Gasteiger partial charge on any atom is -0.470 e. The molecule has 1 aromatic heterocycles. The van der Waals surface area contributed by atoms with Crippen LogP contribution in [0.15, 0.2) is 65.2 Å². The number of carbonyl (C=O) groups is 1. The lowest BCUT2D eigenvalue weighted by Gasteiger charge is -2.30. The first kappa shape index (κ1) is 19.1. The second-order valence-electron chi connectivity index (χ2n) is 7.10. The molecule has 0 bridgehead atoms. The molecule has 2 aromatic carbocycles. The van der Waals surface area contributed by atoms with Gasteiger partial charge in [-0.05, 0) is 29.1 Å². The maximum absolute atomic E-state index is 11.8. The molecule has 0 radical (unpaired) electrons. The molecule has 0 aliphatic carbocycles. The quantitative estimate of drug-likeness (QED) is 0.620. The second-order valence-corrected chi connectivity index (χ2v) is 7.10. The predicted octanol–water partition coefficient (Wildman–Crippen LogP) is 4.87. The van der Waals surface area contributed by atoms with Gasteiger partial charge in [-0.15, -0.1) is 0 Å². The summed E-state index contributed by atoms with van der Waals surface area (Å²) in [5.74, 6) is 1.50. The molecule has 1 saturated heterocycles. The summed E-state index contributed by atoms with van der Waals surface area (Å²) < 4.78 is 16.7. The van der Waals surface area contributed by atoms with Crippen LogP contribution in [0.2, 0.25) is 0 Å². The van der Waals surface area contributed by atoms with E-state index in [2.05, 4.69) is 5.16 Å². The van der Waals surface area contributed by atoms with Gasteiger partial charge in [0.05, 0.1) is 12.7 Å². The third-order valence-corrected chi connectivity index (χ3v) is 5.27. The van der Waals surface area contributed by atoms with E-state index in [0.717, 1.165) is 35.3 Å². The first-order valence-corrected chi connectivity index (χ1v) is 9.81. The van der Waals surface area contributed by atoms with Crippen molar-refractivity contribution in [3.63, 3.8) is 0 Å². The summed E-state index contributed by atoms with van der Waals surface area (Å²) in [5, 5.41) is 4.25. The van der Waals surface area contributed by atoms with Gasteiger partial charge in [0.15, 0.2) is 5.76 Å². The largest absolute Gasteiger partial charge is 0.470 e. The van der Waals surface area contributed by atoms with Gasteiger partial charge in [0.25, 0.3) is 5.88 Å². The van der Waals surface area contributed by atoms with Crippen molar-refractivity contribution in [2.24, 2.45) is 0 Å². The van der Waals surface area contributed by atoms with Crippen molar-refractivity contribution in [2.45, 2.75) is 25.4 Å². The Labute approximate surface area is 170 Å². The third kappa shape index (κ3) is 4.26. The van der Waals surface area contributed by atoms with Crippen molar-refractivity contribution >= 4 is 6.09 Å². The fourth-order valence-electron chi connectivity index (χ4n) is 3.71. The van der Waals surface area contributed by atoms with Crippen molar-refractivity contribution in [3.8, 4) is 17.0 Å². The molecule has 0 atom stereocenters. The molecule has 6 heteroatoms. The Hall–Kier alpha value is -3.28. The standard InChI is InChI=1S/C23H24N2O4/c1-27-23(26)25-14-12-19(13-15-25)21-20(18-10-6-3-7-11-18)22(24-29-21)28-16-17-8-4-2-5-9-17/h2-11,19H,12-16H2,1H3. The van der Waals surface area contributed by atoms with E-state index >= 15 is 0 Å². The fourth-order valence-corrected chi connectivity index (χ4v) is 3.71. The van der Waals surface area contributed by atoms with E-state index in [4.69, 9.17) is 14.0 Å². The summed E-state index contributed by atoms with van der Waals surface area (Å²) in [6.07, 6.45) is 1.31. The lowest BCUT2D eigenvalue weighted by Crippen LogP contribution is -2.37. The zero-order chi connectivity index (χ0) is 20.1. The summed E-state index contributed by atoms with van der Waals surface area (Å²) in [7, 11) is 1.41. The van der Waals surface area contributed by atoms with Gasteiger partial charge in [0.1, 0.15) is 6.61 Å². The number of piperidine rings is 1. The first-order chi connectivity index (χ1) is 14.3. The van der Waals surface area contributed by atoms with Crippen LogP contribution in [0.25, 0.3) is 11.1 Å². The van der Waals surface area contributed by atoms with Crippen molar-refractivity contribution in [2.75, 3.05) is 20.2 Å². The van der Waals surface area contributed by atoms with Crippen molar-refractivity contribution in [1.82, 2.24) is 10.1 Å². The van der Waals surface area contributed by atoms with Crippen LogP contribution in [0.5, 0.6) is 5.88 Å². The number of amides is 1. The number of aromatic nitrogens is 1. The molecule has 29 heavy (non-hydrogen) atoms. The summed E-state index contributed by atoms with van der Waals surface area (Å²) in [4.78, 5) is 13.5. The number of hydrogen-bond acceptors (Lipinski definition) is 5.